The summed E-state index contributed by atoms with van der Waals surface area (Å²) in [6.45, 7) is 1.51. The molecule has 1 atom stereocenters. The zero-order chi connectivity index (χ0) is 18.0. The second-order valence-corrected chi connectivity index (χ2v) is 6.56. The van der Waals surface area contributed by atoms with Crippen molar-refractivity contribution in [2.75, 3.05) is 31.2 Å². The number of hydrogen-bond acceptors (Lipinski definition) is 4. The number of carboxylic acids is 1. The summed E-state index contributed by atoms with van der Waals surface area (Å²) in [4.78, 5) is 37.0. The lowest BCUT2D eigenvalue weighted by atomic mass is 9.93. The summed E-state index contributed by atoms with van der Waals surface area (Å²) in [5, 5.41) is 14.9. The predicted octanol–water partition coefficient (Wildman–Crippen LogP) is 1.23. The number of aliphatic carboxylic acids is 1. The third kappa shape index (κ3) is 3.69. The molecule has 3 rings (SSSR count). The van der Waals surface area contributed by atoms with E-state index >= 15 is 0 Å². The van der Waals surface area contributed by atoms with Gasteiger partial charge in [-0.2, -0.15) is 0 Å². The van der Waals surface area contributed by atoms with E-state index in [0.29, 0.717) is 42.4 Å². The molecule has 2 fully saturated rings. The summed E-state index contributed by atoms with van der Waals surface area (Å²) in [6.07, 6.45) is 0.216. The monoisotopic (exact) mass is 367 g/mol. The van der Waals surface area contributed by atoms with Crippen LogP contribution in [-0.2, 0) is 9.53 Å². The molecule has 0 radical (unpaired) electrons. The van der Waals surface area contributed by atoms with Crippen LogP contribution in [0.3, 0.4) is 0 Å². The highest BCUT2D eigenvalue weighted by molar-refractivity contribution is 6.34. The molecule has 2 aliphatic rings. The maximum absolute atomic E-state index is 12.6. The fourth-order valence-corrected chi connectivity index (χ4v) is 3.27. The lowest BCUT2D eigenvalue weighted by molar-refractivity contribution is -0.138. The van der Waals surface area contributed by atoms with Crippen molar-refractivity contribution in [3.8, 4) is 0 Å². The topological polar surface area (TPSA) is 108 Å². The molecule has 2 saturated heterocycles. The summed E-state index contributed by atoms with van der Waals surface area (Å²) < 4.78 is 5.28. The molecule has 2 heterocycles. The molecular weight excluding hydrogens is 350 g/mol. The van der Waals surface area contributed by atoms with Crippen molar-refractivity contribution in [3.63, 3.8) is 0 Å². The molecule has 0 spiro atoms. The van der Waals surface area contributed by atoms with Gasteiger partial charge in [-0.3, -0.25) is 14.5 Å². The highest BCUT2D eigenvalue weighted by Crippen LogP contribution is 2.29. The van der Waals surface area contributed by atoms with Gasteiger partial charge in [0, 0.05) is 25.3 Å². The molecule has 2 aliphatic heterocycles. The van der Waals surface area contributed by atoms with Gasteiger partial charge >= 0.3 is 12.0 Å². The second-order valence-electron chi connectivity index (χ2n) is 6.16. The minimum absolute atomic E-state index is 0.153. The minimum Gasteiger partial charge on any atom is -0.481 e. The quantitative estimate of drug-likeness (QED) is 0.725. The SMILES string of the molecule is O=C(O)CC1(NC(=O)c2ccc(Cl)c(N3CCNC3=O)c2)CCOC1. The number of hydrogen-bond donors (Lipinski definition) is 3. The molecule has 8 nitrogen and oxygen atoms in total. The van der Waals surface area contributed by atoms with Crippen LogP contribution in [0.2, 0.25) is 5.02 Å². The second kappa shape index (κ2) is 6.89. The van der Waals surface area contributed by atoms with E-state index in [0.717, 1.165) is 0 Å². The molecule has 1 unspecified atom stereocenters. The first kappa shape index (κ1) is 17.5. The van der Waals surface area contributed by atoms with Crippen molar-refractivity contribution < 1.29 is 24.2 Å². The standard InChI is InChI=1S/C16H18ClN3O5/c17-11-2-1-10(7-12(11)20-5-4-18-15(20)24)14(23)19-16(8-13(21)22)3-6-25-9-16/h1-2,7H,3-6,8-9H2,(H,18,24)(H,19,23)(H,21,22). The van der Waals surface area contributed by atoms with Crippen molar-refractivity contribution in [2.45, 2.75) is 18.4 Å². The number of nitrogens with one attached hydrogen (secondary N) is 2. The number of carboxylic acid groups (broad SMARTS) is 1. The Balaban J connectivity index is 1.82. The van der Waals surface area contributed by atoms with E-state index in [2.05, 4.69) is 10.6 Å². The van der Waals surface area contributed by atoms with Gasteiger partial charge < -0.3 is 20.5 Å². The Morgan fingerprint density at radius 2 is 2.24 bits per heavy atom. The Labute approximate surface area is 149 Å². The van der Waals surface area contributed by atoms with E-state index in [9.17, 15) is 14.4 Å². The van der Waals surface area contributed by atoms with Crippen LogP contribution in [0.1, 0.15) is 23.2 Å². The molecule has 1 aromatic rings. The average Bonchev–Trinajstić information content (AvgIpc) is 3.16. The summed E-state index contributed by atoms with van der Waals surface area (Å²) >= 11 is 6.16. The largest absolute Gasteiger partial charge is 0.481 e. The molecule has 0 saturated carbocycles. The number of anilines is 1. The van der Waals surface area contributed by atoms with E-state index in [-0.39, 0.29) is 19.1 Å². The van der Waals surface area contributed by atoms with E-state index in [1.165, 1.54) is 11.0 Å². The third-order valence-corrected chi connectivity index (χ3v) is 4.65. The molecule has 0 aliphatic carbocycles. The fraction of sp³-hybridized carbons (Fsp3) is 0.438. The number of nitrogens with zero attached hydrogens (tertiary/aromatic N) is 1. The number of urea groups is 1. The van der Waals surface area contributed by atoms with Gasteiger partial charge in [-0.1, -0.05) is 11.6 Å². The Bertz CT molecular complexity index is 718. The van der Waals surface area contributed by atoms with Crippen LogP contribution in [-0.4, -0.2) is 54.9 Å². The number of benzene rings is 1. The van der Waals surface area contributed by atoms with Gasteiger partial charge in [0.15, 0.2) is 0 Å². The number of ether oxygens (including phenoxy) is 1. The number of amides is 3. The summed E-state index contributed by atoms with van der Waals surface area (Å²) in [5.74, 6) is -1.43. The Hall–Kier alpha value is -2.32. The van der Waals surface area contributed by atoms with Gasteiger partial charge in [0.05, 0.1) is 29.3 Å². The van der Waals surface area contributed by atoms with Crippen LogP contribution in [0.4, 0.5) is 10.5 Å². The Morgan fingerprint density at radius 1 is 1.44 bits per heavy atom. The maximum Gasteiger partial charge on any atom is 0.322 e. The molecular formula is C16H18ClN3O5. The third-order valence-electron chi connectivity index (χ3n) is 4.33. The number of carbonyl (C=O) groups excluding carboxylic acids is 2. The highest BCUT2D eigenvalue weighted by atomic mass is 35.5. The maximum atomic E-state index is 12.6. The fourth-order valence-electron chi connectivity index (χ4n) is 3.05. The van der Waals surface area contributed by atoms with Gasteiger partial charge in [-0.25, -0.2) is 4.79 Å². The van der Waals surface area contributed by atoms with E-state index in [1.807, 2.05) is 0 Å². The molecule has 0 bridgehead atoms. The van der Waals surface area contributed by atoms with Gasteiger partial charge in [0.1, 0.15) is 0 Å². The van der Waals surface area contributed by atoms with Gasteiger partial charge in [-0.15, -0.1) is 0 Å². The average molecular weight is 368 g/mol. The van der Waals surface area contributed by atoms with Crippen LogP contribution in [0.25, 0.3) is 0 Å². The van der Waals surface area contributed by atoms with E-state index < -0.39 is 17.4 Å². The van der Waals surface area contributed by atoms with Crippen molar-refractivity contribution >= 4 is 35.2 Å². The zero-order valence-corrected chi connectivity index (χ0v) is 14.1. The summed E-state index contributed by atoms with van der Waals surface area (Å²) in [7, 11) is 0. The molecule has 3 amide bonds. The Kier molecular flexibility index (Phi) is 4.82. The highest BCUT2D eigenvalue weighted by Gasteiger charge is 2.39. The van der Waals surface area contributed by atoms with Crippen LogP contribution in [0.15, 0.2) is 18.2 Å². The van der Waals surface area contributed by atoms with Gasteiger partial charge in [0.25, 0.3) is 5.91 Å². The molecule has 134 valence electrons. The molecule has 0 aromatic heterocycles. The predicted molar refractivity (Wildman–Crippen MR) is 90.1 cm³/mol. The van der Waals surface area contributed by atoms with Gasteiger partial charge in [0.2, 0.25) is 0 Å². The molecule has 9 heteroatoms. The summed E-state index contributed by atoms with van der Waals surface area (Å²) in [6, 6.07) is 4.35. The normalized spacial score (nSPS) is 22.8. The van der Waals surface area contributed by atoms with Crippen molar-refractivity contribution in [1.82, 2.24) is 10.6 Å². The smallest absolute Gasteiger partial charge is 0.322 e. The summed E-state index contributed by atoms with van der Waals surface area (Å²) in [5.41, 5.74) is -0.177. The lowest BCUT2D eigenvalue weighted by Crippen LogP contribution is -2.50. The number of carbonyl (C=O) groups is 3. The number of rotatable bonds is 5. The van der Waals surface area contributed by atoms with Crippen LogP contribution >= 0.6 is 11.6 Å². The first-order valence-corrected chi connectivity index (χ1v) is 8.25. The van der Waals surface area contributed by atoms with Gasteiger partial charge in [-0.05, 0) is 24.6 Å². The van der Waals surface area contributed by atoms with Crippen molar-refractivity contribution in [3.05, 3.63) is 28.8 Å². The molecule has 1 aromatic carbocycles. The zero-order valence-electron chi connectivity index (χ0n) is 13.4. The lowest BCUT2D eigenvalue weighted by Gasteiger charge is -2.27. The molecule has 3 N–H and O–H groups in total. The first-order chi connectivity index (χ1) is 11.9. The van der Waals surface area contributed by atoms with Crippen LogP contribution in [0, 0.1) is 0 Å². The van der Waals surface area contributed by atoms with Crippen LogP contribution < -0.4 is 15.5 Å². The van der Waals surface area contributed by atoms with Crippen LogP contribution in [0.5, 0.6) is 0 Å². The van der Waals surface area contributed by atoms with E-state index in [1.54, 1.807) is 12.1 Å². The Morgan fingerprint density at radius 3 is 2.84 bits per heavy atom. The van der Waals surface area contributed by atoms with Crippen molar-refractivity contribution in [2.24, 2.45) is 0 Å². The molecule has 25 heavy (non-hydrogen) atoms. The minimum atomic E-state index is -1.00. The van der Waals surface area contributed by atoms with E-state index in [4.69, 9.17) is 21.4 Å². The number of halogens is 1. The van der Waals surface area contributed by atoms with Crippen molar-refractivity contribution in [1.29, 1.82) is 0 Å². The first-order valence-electron chi connectivity index (χ1n) is 7.87.